The highest BCUT2D eigenvalue weighted by atomic mass is 15.0. The van der Waals surface area contributed by atoms with Crippen LogP contribution in [0.5, 0.6) is 0 Å². The van der Waals surface area contributed by atoms with E-state index < -0.39 is 0 Å². The van der Waals surface area contributed by atoms with E-state index in [9.17, 15) is 0 Å². The molecule has 4 nitrogen and oxygen atoms in total. The van der Waals surface area contributed by atoms with E-state index in [2.05, 4.69) is 260 Å². The summed E-state index contributed by atoms with van der Waals surface area (Å²) in [5.41, 5.74) is 17.7. The molecule has 0 bridgehead atoms. The Morgan fingerprint density at radius 1 is 0.420 bits per heavy atom. The number of para-hydroxylation sites is 2. The Morgan fingerprint density at radius 2 is 0.884 bits per heavy atom. The molecular weight excluding hydrogens is 837 g/mol. The summed E-state index contributed by atoms with van der Waals surface area (Å²) in [6.07, 6.45) is 4.75. The third-order valence-corrected chi connectivity index (χ3v) is 13.5. The van der Waals surface area contributed by atoms with Crippen LogP contribution in [0, 0.1) is 0 Å². The molecule has 0 spiro atoms. The van der Waals surface area contributed by atoms with Gasteiger partial charge >= 0.3 is 0 Å². The first kappa shape index (κ1) is 41.6. The highest BCUT2D eigenvalue weighted by Crippen LogP contribution is 2.40. The van der Waals surface area contributed by atoms with Gasteiger partial charge in [-0.3, -0.25) is 0 Å². The molecule has 12 aromatic rings. The van der Waals surface area contributed by atoms with Crippen LogP contribution >= 0.6 is 0 Å². The number of rotatable bonds is 10. The minimum absolute atomic E-state index is 0.209. The average Bonchev–Trinajstić information content (AvgIpc) is 3.93. The molecule has 0 radical (unpaired) electrons. The Bertz CT molecular complexity index is 3830. The lowest BCUT2D eigenvalue weighted by molar-refractivity contribution is 0.970. The normalized spacial score (nSPS) is 12.6. The van der Waals surface area contributed by atoms with Gasteiger partial charge in [-0.25, -0.2) is 9.97 Å². The molecule has 3 aromatic heterocycles. The maximum atomic E-state index is 5.26. The summed E-state index contributed by atoms with van der Waals surface area (Å²) < 4.78 is 4.80. The van der Waals surface area contributed by atoms with Crippen molar-refractivity contribution in [3.8, 4) is 50.7 Å². The van der Waals surface area contributed by atoms with Crippen LogP contribution in [0.3, 0.4) is 0 Å². The quantitative estimate of drug-likeness (QED) is 0.128. The number of fused-ring (bicyclic) bond motifs is 6. The van der Waals surface area contributed by atoms with E-state index in [1.54, 1.807) is 0 Å². The molecule has 0 aliphatic heterocycles. The van der Waals surface area contributed by atoms with Gasteiger partial charge in [-0.15, -0.1) is 0 Å². The molecule has 328 valence electrons. The van der Waals surface area contributed by atoms with E-state index in [1.165, 1.54) is 44.1 Å². The Labute approximate surface area is 402 Å². The zero-order valence-electron chi connectivity index (χ0n) is 38.5. The smallest absolute Gasteiger partial charge is 0.160 e. The molecule has 0 amide bonds. The topological polar surface area (TPSA) is 35.6 Å². The molecule has 0 N–H and O–H groups in total. The maximum absolute atomic E-state index is 5.26. The van der Waals surface area contributed by atoms with Crippen LogP contribution in [0.2, 0.25) is 0 Å². The molecule has 12 rings (SSSR count). The third kappa shape index (κ3) is 7.82. The molecule has 0 saturated heterocycles. The molecule has 69 heavy (non-hydrogen) atoms. The van der Waals surface area contributed by atoms with Crippen LogP contribution in [0.25, 0.3) is 106 Å². The molecule has 0 fully saturated rings. The fourth-order valence-corrected chi connectivity index (χ4v) is 10.1. The zero-order chi connectivity index (χ0) is 46.3. The van der Waals surface area contributed by atoms with E-state index in [0.717, 1.165) is 66.8 Å². The molecule has 0 aliphatic rings. The summed E-state index contributed by atoms with van der Waals surface area (Å²) in [5.74, 6) is 0.895. The van der Waals surface area contributed by atoms with Crippen molar-refractivity contribution in [1.82, 2.24) is 19.1 Å². The number of hydrogen-bond acceptors (Lipinski definition) is 2. The number of nitrogens with zero attached hydrogens (tertiary/aromatic N) is 4. The molecular formula is C65H48N4. The predicted molar refractivity (Wildman–Crippen MR) is 290 cm³/mol. The van der Waals surface area contributed by atoms with Gasteiger partial charge in [0.2, 0.25) is 0 Å². The number of allylic oxidation sites excluding steroid dienone is 4. The zero-order valence-corrected chi connectivity index (χ0v) is 38.5. The van der Waals surface area contributed by atoms with Gasteiger partial charge in [0, 0.05) is 49.6 Å². The lowest BCUT2D eigenvalue weighted by atomic mass is 9.95. The first-order valence-corrected chi connectivity index (χ1v) is 23.7. The van der Waals surface area contributed by atoms with E-state index in [1.807, 2.05) is 12.1 Å². The van der Waals surface area contributed by atoms with Crippen molar-refractivity contribution in [2.45, 2.75) is 19.8 Å². The molecule has 9 aromatic carbocycles. The van der Waals surface area contributed by atoms with Crippen molar-refractivity contribution >= 4 is 54.9 Å². The fraction of sp³-hybridized carbons (Fsp3) is 0.0462. The Morgan fingerprint density at radius 3 is 1.49 bits per heavy atom. The van der Waals surface area contributed by atoms with Gasteiger partial charge in [0.25, 0.3) is 0 Å². The van der Waals surface area contributed by atoms with E-state index in [-0.39, 0.29) is 5.92 Å². The molecule has 1 unspecified atom stereocenters. The van der Waals surface area contributed by atoms with E-state index in [0.29, 0.717) is 5.82 Å². The van der Waals surface area contributed by atoms with Crippen LogP contribution in [0.15, 0.2) is 249 Å². The second-order valence-corrected chi connectivity index (χ2v) is 17.9. The van der Waals surface area contributed by atoms with Gasteiger partial charge in [0.05, 0.1) is 33.5 Å². The first-order chi connectivity index (χ1) is 34.0. The van der Waals surface area contributed by atoms with Crippen molar-refractivity contribution < 1.29 is 0 Å². The fourth-order valence-electron chi connectivity index (χ4n) is 10.1. The number of benzene rings is 9. The second-order valence-electron chi connectivity index (χ2n) is 17.9. The second kappa shape index (κ2) is 17.7. The summed E-state index contributed by atoms with van der Waals surface area (Å²) >= 11 is 0. The first-order valence-electron chi connectivity index (χ1n) is 23.7. The highest BCUT2D eigenvalue weighted by Gasteiger charge is 2.19. The van der Waals surface area contributed by atoms with Gasteiger partial charge in [0.15, 0.2) is 5.82 Å². The summed E-state index contributed by atoms with van der Waals surface area (Å²) in [7, 11) is 0. The number of hydrogen-bond donors (Lipinski definition) is 0. The molecule has 0 saturated carbocycles. The monoisotopic (exact) mass is 884 g/mol. The van der Waals surface area contributed by atoms with Crippen LogP contribution in [-0.2, 0) is 0 Å². The predicted octanol–water partition coefficient (Wildman–Crippen LogP) is 17.1. The van der Waals surface area contributed by atoms with Crippen molar-refractivity contribution in [2.24, 2.45) is 0 Å². The molecule has 3 heterocycles. The molecule has 4 heteroatoms. The molecule has 0 aliphatic carbocycles. The van der Waals surface area contributed by atoms with Crippen molar-refractivity contribution in [3.05, 3.63) is 260 Å². The SMILES string of the molecule is C/C(=C\C(=C/C(C)c1ccccc1)c1ccccc1)n1c2ccc(-c3ccc4c(c3)c3ccccc3n4-c3ccccc3)cc2c2cc(-c3nc(-c4ccccc4)cc(-c4ccccc4)n3)ccc21. The lowest BCUT2D eigenvalue weighted by Crippen LogP contribution is -1.97. The van der Waals surface area contributed by atoms with Gasteiger partial charge in [-0.05, 0) is 113 Å². The van der Waals surface area contributed by atoms with Crippen LogP contribution < -0.4 is 0 Å². The van der Waals surface area contributed by atoms with E-state index in [4.69, 9.17) is 9.97 Å². The van der Waals surface area contributed by atoms with Crippen molar-refractivity contribution in [3.63, 3.8) is 0 Å². The average molecular weight is 885 g/mol. The third-order valence-electron chi connectivity index (χ3n) is 13.5. The Balaban J connectivity index is 1.06. The largest absolute Gasteiger partial charge is 0.313 e. The Hall–Kier alpha value is -8.86. The van der Waals surface area contributed by atoms with Crippen LogP contribution in [0.4, 0.5) is 0 Å². The van der Waals surface area contributed by atoms with Gasteiger partial charge in [0.1, 0.15) is 0 Å². The van der Waals surface area contributed by atoms with E-state index >= 15 is 0 Å². The maximum Gasteiger partial charge on any atom is 0.160 e. The number of aromatic nitrogens is 4. The minimum Gasteiger partial charge on any atom is -0.313 e. The highest BCUT2D eigenvalue weighted by molar-refractivity contribution is 6.14. The lowest BCUT2D eigenvalue weighted by Gasteiger charge is -2.14. The Kier molecular flexibility index (Phi) is 10.7. The van der Waals surface area contributed by atoms with Crippen molar-refractivity contribution in [1.29, 1.82) is 0 Å². The van der Waals surface area contributed by atoms with Gasteiger partial charge in [-0.1, -0.05) is 183 Å². The van der Waals surface area contributed by atoms with Gasteiger partial charge in [-0.2, -0.15) is 0 Å². The summed E-state index contributed by atoms with van der Waals surface area (Å²) in [6, 6.07) is 84.4. The van der Waals surface area contributed by atoms with Crippen molar-refractivity contribution in [2.75, 3.05) is 0 Å². The molecule has 1 atom stereocenters. The summed E-state index contributed by atoms with van der Waals surface area (Å²) in [5, 5.41) is 4.76. The summed E-state index contributed by atoms with van der Waals surface area (Å²) in [4.78, 5) is 10.5. The minimum atomic E-state index is 0.209. The summed E-state index contributed by atoms with van der Waals surface area (Å²) in [6.45, 7) is 4.51. The van der Waals surface area contributed by atoms with Crippen LogP contribution in [-0.4, -0.2) is 19.1 Å². The van der Waals surface area contributed by atoms with Gasteiger partial charge < -0.3 is 9.13 Å². The van der Waals surface area contributed by atoms with Crippen LogP contribution in [0.1, 0.15) is 30.9 Å². The standard InChI is InChI=1S/C65H48N4/c1-44(46-20-8-3-9-21-46)38-53(47-22-10-4-11-23-47)39-45(2)68-62-35-32-51(50-33-36-64-56(40-50)55-30-18-19-31-61(55)69(64)54-28-16-7-17-29-54)41-57(62)58-42-52(34-37-63(58)68)65-66-59(48-24-12-5-13-25-48)43-60(67-65)49-26-14-6-15-27-49/h3-44H,1-2H3/b45-39+,53-38+.